The molecule has 216 valence electrons. The van der Waals surface area contributed by atoms with Crippen molar-refractivity contribution in [1.29, 1.82) is 0 Å². The number of benzene rings is 2. The van der Waals surface area contributed by atoms with E-state index in [1.165, 1.54) is 34.0 Å². The van der Waals surface area contributed by atoms with Crippen LogP contribution in [0.5, 0.6) is 0 Å². The minimum absolute atomic E-state index is 0.0473. The van der Waals surface area contributed by atoms with E-state index in [-0.39, 0.29) is 47.9 Å². The summed E-state index contributed by atoms with van der Waals surface area (Å²) in [6.07, 6.45) is 3.02. The number of rotatable bonds is 10. The third-order valence-corrected chi connectivity index (χ3v) is 6.85. The number of nitrogens with zero attached hydrogens (tertiary/aromatic N) is 4. The minimum atomic E-state index is -0.812. The Labute approximate surface area is 244 Å². The van der Waals surface area contributed by atoms with Crippen molar-refractivity contribution < 1.29 is 23.6 Å². The molecule has 5 N–H and O–H groups in total. The summed E-state index contributed by atoms with van der Waals surface area (Å²) in [4.78, 5) is 56.0. The second-order valence-electron chi connectivity index (χ2n) is 9.64. The molecule has 1 aliphatic rings. The normalized spacial score (nSPS) is 12.5. The summed E-state index contributed by atoms with van der Waals surface area (Å²) in [6.45, 7) is -0.573. The summed E-state index contributed by atoms with van der Waals surface area (Å²) in [7, 11) is 0. The highest BCUT2D eigenvalue weighted by Gasteiger charge is 2.34. The Morgan fingerprint density at radius 2 is 1.88 bits per heavy atom. The Morgan fingerprint density at radius 3 is 2.60 bits per heavy atom. The molecule has 0 spiro atoms. The van der Waals surface area contributed by atoms with Crippen LogP contribution in [0.3, 0.4) is 0 Å². The van der Waals surface area contributed by atoms with Gasteiger partial charge in [-0.05, 0) is 49.2 Å². The molecule has 5 rings (SSSR count). The molecular weight excluding hydrogens is 567 g/mol. The second kappa shape index (κ2) is 12.2. The van der Waals surface area contributed by atoms with Crippen LogP contribution in [-0.2, 0) is 22.7 Å². The zero-order chi connectivity index (χ0) is 29.8. The number of carbonyl (C=O) groups is 4. The van der Waals surface area contributed by atoms with Gasteiger partial charge in [-0.2, -0.15) is 5.10 Å². The van der Waals surface area contributed by atoms with E-state index in [0.717, 1.165) is 12.8 Å². The molecule has 14 heteroatoms. The average molecular weight is 593 g/mol. The minimum Gasteiger partial charge on any atom is -0.364 e. The Kier molecular flexibility index (Phi) is 8.29. The molecule has 0 atom stereocenters. The van der Waals surface area contributed by atoms with Crippen LogP contribution < -0.4 is 21.7 Å². The van der Waals surface area contributed by atoms with Crippen LogP contribution in [0.25, 0.3) is 10.9 Å². The van der Waals surface area contributed by atoms with Crippen LogP contribution in [0, 0.1) is 5.82 Å². The molecule has 1 aliphatic carbocycles. The second-order valence-corrected chi connectivity index (χ2v) is 10.0. The molecule has 5 amide bonds. The lowest BCUT2D eigenvalue weighted by Crippen LogP contribution is -2.43. The van der Waals surface area contributed by atoms with Crippen LogP contribution in [0.2, 0.25) is 5.02 Å². The van der Waals surface area contributed by atoms with Crippen molar-refractivity contribution in [2.45, 2.75) is 32.0 Å². The molecule has 4 aromatic rings. The van der Waals surface area contributed by atoms with Gasteiger partial charge in [-0.25, -0.2) is 14.2 Å². The lowest BCUT2D eigenvalue weighted by Gasteiger charge is -2.22. The maximum atomic E-state index is 14.2. The molecule has 42 heavy (non-hydrogen) atoms. The smallest absolute Gasteiger partial charge is 0.324 e. The number of urea groups is 1. The molecule has 2 heterocycles. The number of nitrogens with one attached hydrogen (secondary N) is 3. The van der Waals surface area contributed by atoms with Gasteiger partial charge < -0.3 is 21.3 Å². The Bertz CT molecular complexity index is 1680. The Hall–Kier alpha value is -5.04. The summed E-state index contributed by atoms with van der Waals surface area (Å²) in [5.41, 5.74) is 6.50. The number of hydrogen-bond acceptors (Lipinski definition) is 6. The van der Waals surface area contributed by atoms with E-state index in [1.807, 2.05) is 0 Å². The number of anilines is 2. The summed E-state index contributed by atoms with van der Waals surface area (Å²) in [5, 5.41) is 12.4. The van der Waals surface area contributed by atoms with Crippen molar-refractivity contribution in [1.82, 2.24) is 25.0 Å². The fourth-order valence-electron chi connectivity index (χ4n) is 4.39. The summed E-state index contributed by atoms with van der Waals surface area (Å²) >= 11 is 5.80. The largest absolute Gasteiger partial charge is 0.364 e. The van der Waals surface area contributed by atoms with Crippen LogP contribution in [0.15, 0.2) is 60.8 Å². The van der Waals surface area contributed by atoms with Crippen molar-refractivity contribution in [3.05, 3.63) is 82.9 Å². The molecular formula is C28H26ClFN8O4. The highest BCUT2D eigenvalue weighted by atomic mass is 35.5. The standard InChI is InChI=1S/C28H26ClFN8O4/c29-20-5-3-4-16(25(20)30)13-33-23(39)14-37(18-8-9-18)24(40)15-38-21-10-7-17(12-19(21)26(36-38)27(31)41)34-28(42)35-22-6-1-2-11-32-22/h1-7,10-12,18H,8-9,13-15H2,(H2,31,41)(H,33,39)(H2,32,34,35,42). The first kappa shape index (κ1) is 28.5. The number of fused-ring (bicyclic) bond motifs is 1. The maximum absolute atomic E-state index is 14.2. The molecule has 0 unspecified atom stereocenters. The number of halogens is 2. The Balaban J connectivity index is 1.28. The van der Waals surface area contributed by atoms with Gasteiger partial charge in [0.05, 0.1) is 17.1 Å². The summed E-state index contributed by atoms with van der Waals surface area (Å²) < 4.78 is 15.5. The first-order valence-electron chi connectivity index (χ1n) is 13.0. The van der Waals surface area contributed by atoms with Gasteiger partial charge in [-0.15, -0.1) is 0 Å². The van der Waals surface area contributed by atoms with E-state index in [0.29, 0.717) is 22.4 Å². The van der Waals surface area contributed by atoms with Crippen LogP contribution in [0.1, 0.15) is 28.9 Å². The van der Waals surface area contributed by atoms with Gasteiger partial charge in [0.25, 0.3) is 5.91 Å². The zero-order valence-corrected chi connectivity index (χ0v) is 22.9. The number of hydrogen-bond donors (Lipinski definition) is 4. The number of carbonyl (C=O) groups excluding carboxylic acids is 4. The van der Waals surface area contributed by atoms with Gasteiger partial charge in [0.15, 0.2) is 5.69 Å². The third-order valence-electron chi connectivity index (χ3n) is 6.56. The quantitative estimate of drug-likeness (QED) is 0.221. The van der Waals surface area contributed by atoms with Gasteiger partial charge in [-0.1, -0.05) is 29.8 Å². The molecule has 2 aromatic carbocycles. The van der Waals surface area contributed by atoms with Crippen molar-refractivity contribution >= 4 is 57.8 Å². The lowest BCUT2D eigenvalue weighted by atomic mass is 10.2. The van der Waals surface area contributed by atoms with Gasteiger partial charge >= 0.3 is 6.03 Å². The summed E-state index contributed by atoms with van der Waals surface area (Å²) in [6, 6.07) is 13.6. The predicted molar refractivity (Wildman–Crippen MR) is 153 cm³/mol. The molecule has 2 aromatic heterocycles. The zero-order valence-electron chi connectivity index (χ0n) is 22.1. The van der Waals surface area contributed by atoms with E-state index < -0.39 is 23.7 Å². The molecule has 0 radical (unpaired) electrons. The molecule has 0 bridgehead atoms. The van der Waals surface area contributed by atoms with Gasteiger partial charge in [0.1, 0.15) is 18.2 Å². The summed E-state index contributed by atoms with van der Waals surface area (Å²) in [5.74, 6) is -1.92. The third kappa shape index (κ3) is 6.63. The number of amides is 5. The molecule has 0 saturated heterocycles. The monoisotopic (exact) mass is 592 g/mol. The molecule has 12 nitrogen and oxygen atoms in total. The van der Waals surface area contributed by atoms with Crippen LogP contribution >= 0.6 is 11.6 Å². The number of pyridine rings is 1. The number of primary amides is 1. The van der Waals surface area contributed by atoms with E-state index in [2.05, 4.69) is 26.0 Å². The molecule has 1 saturated carbocycles. The highest BCUT2D eigenvalue weighted by molar-refractivity contribution is 6.30. The van der Waals surface area contributed by atoms with E-state index in [9.17, 15) is 23.6 Å². The van der Waals surface area contributed by atoms with Crippen molar-refractivity contribution in [3.8, 4) is 0 Å². The fourth-order valence-corrected chi connectivity index (χ4v) is 4.58. The van der Waals surface area contributed by atoms with Crippen molar-refractivity contribution in [2.24, 2.45) is 5.73 Å². The molecule has 0 aliphatic heterocycles. The van der Waals surface area contributed by atoms with E-state index in [4.69, 9.17) is 17.3 Å². The van der Waals surface area contributed by atoms with E-state index in [1.54, 1.807) is 36.4 Å². The Morgan fingerprint density at radius 1 is 1.07 bits per heavy atom. The van der Waals surface area contributed by atoms with E-state index >= 15 is 0 Å². The number of nitrogens with two attached hydrogens (primary N) is 1. The highest BCUT2D eigenvalue weighted by Crippen LogP contribution is 2.28. The lowest BCUT2D eigenvalue weighted by molar-refractivity contribution is -0.137. The van der Waals surface area contributed by atoms with Gasteiger partial charge in [0, 0.05) is 35.4 Å². The average Bonchev–Trinajstić information content (AvgIpc) is 3.74. The SMILES string of the molecule is NC(=O)c1nn(CC(=O)N(CC(=O)NCc2cccc(Cl)c2F)C2CC2)c2ccc(NC(=O)Nc3ccccn3)cc12. The van der Waals surface area contributed by atoms with Gasteiger partial charge in [0.2, 0.25) is 11.8 Å². The first-order chi connectivity index (χ1) is 20.2. The van der Waals surface area contributed by atoms with Crippen molar-refractivity contribution in [2.75, 3.05) is 17.2 Å². The topological polar surface area (TPSA) is 164 Å². The first-order valence-corrected chi connectivity index (χ1v) is 13.4. The number of aromatic nitrogens is 3. The predicted octanol–water partition coefficient (Wildman–Crippen LogP) is 3.27. The maximum Gasteiger partial charge on any atom is 0.324 e. The van der Waals surface area contributed by atoms with Crippen molar-refractivity contribution in [3.63, 3.8) is 0 Å². The van der Waals surface area contributed by atoms with Crippen LogP contribution in [-0.4, -0.2) is 56.0 Å². The van der Waals surface area contributed by atoms with Gasteiger partial charge in [-0.3, -0.25) is 24.4 Å². The molecule has 1 fully saturated rings. The van der Waals surface area contributed by atoms with Crippen LogP contribution in [0.4, 0.5) is 20.7 Å². The fraction of sp³-hybridized carbons (Fsp3) is 0.214.